The van der Waals surface area contributed by atoms with Gasteiger partial charge in [-0.25, -0.2) is 0 Å². The number of nitro benzene ring substituents is 1. The lowest BCUT2D eigenvalue weighted by atomic mass is 10.1. The number of rotatable bonds is 4. The van der Waals surface area contributed by atoms with Crippen LogP contribution in [-0.2, 0) is 4.79 Å². The summed E-state index contributed by atoms with van der Waals surface area (Å²) < 4.78 is 0. The maximum absolute atomic E-state index is 11.0. The van der Waals surface area contributed by atoms with Gasteiger partial charge in [0.05, 0.1) is 4.92 Å². The zero-order valence-corrected chi connectivity index (χ0v) is 10.1. The van der Waals surface area contributed by atoms with Gasteiger partial charge in [0.1, 0.15) is 0 Å². The Morgan fingerprint density at radius 2 is 2.33 bits per heavy atom. The van der Waals surface area contributed by atoms with E-state index in [9.17, 15) is 14.9 Å². The summed E-state index contributed by atoms with van der Waals surface area (Å²) in [6.45, 7) is 2.48. The van der Waals surface area contributed by atoms with Crippen LogP contribution in [0.5, 0.6) is 0 Å². The van der Waals surface area contributed by atoms with E-state index in [4.69, 9.17) is 0 Å². The molecule has 0 bridgehead atoms. The molecular weight excluding hydrogens is 234 g/mol. The molecule has 0 radical (unpaired) electrons. The molecule has 0 aliphatic carbocycles. The molecule has 0 saturated carbocycles. The molecule has 6 nitrogen and oxygen atoms in total. The first-order chi connectivity index (χ1) is 8.56. The SMILES string of the molecule is Cc1ccc([N+](=O)[O-])cc1NCC1CCC(=O)N1. The third-order valence-electron chi connectivity index (χ3n) is 3.06. The van der Waals surface area contributed by atoms with Crippen molar-refractivity contribution in [2.24, 2.45) is 0 Å². The van der Waals surface area contributed by atoms with Crippen LogP contribution in [0, 0.1) is 17.0 Å². The lowest BCUT2D eigenvalue weighted by Gasteiger charge is -2.13. The molecule has 1 atom stereocenters. The second-order valence-corrected chi connectivity index (χ2v) is 4.44. The molecule has 1 heterocycles. The van der Waals surface area contributed by atoms with E-state index in [1.807, 2.05) is 6.92 Å². The summed E-state index contributed by atoms with van der Waals surface area (Å²) in [6.07, 6.45) is 1.36. The van der Waals surface area contributed by atoms with Gasteiger partial charge in [0.15, 0.2) is 0 Å². The van der Waals surface area contributed by atoms with Crippen LogP contribution < -0.4 is 10.6 Å². The molecular formula is C12H15N3O3. The molecule has 1 aliphatic heterocycles. The van der Waals surface area contributed by atoms with Gasteiger partial charge in [0, 0.05) is 36.8 Å². The van der Waals surface area contributed by atoms with E-state index >= 15 is 0 Å². The van der Waals surface area contributed by atoms with Gasteiger partial charge in [-0.1, -0.05) is 6.07 Å². The van der Waals surface area contributed by atoms with Gasteiger partial charge in [0.2, 0.25) is 5.91 Å². The molecule has 1 aromatic carbocycles. The second-order valence-electron chi connectivity index (χ2n) is 4.44. The molecule has 1 aromatic rings. The predicted molar refractivity (Wildman–Crippen MR) is 67.5 cm³/mol. The first-order valence-electron chi connectivity index (χ1n) is 5.84. The van der Waals surface area contributed by atoms with Crippen molar-refractivity contribution in [1.82, 2.24) is 5.32 Å². The maximum Gasteiger partial charge on any atom is 0.271 e. The summed E-state index contributed by atoms with van der Waals surface area (Å²) in [5.74, 6) is 0.0672. The van der Waals surface area contributed by atoms with Crippen LogP contribution in [0.25, 0.3) is 0 Å². The Balaban J connectivity index is 2.02. The molecule has 96 valence electrons. The van der Waals surface area contributed by atoms with Gasteiger partial charge in [0.25, 0.3) is 5.69 Å². The number of non-ortho nitro benzene ring substituents is 1. The van der Waals surface area contributed by atoms with Gasteiger partial charge in [-0.05, 0) is 18.9 Å². The van der Waals surface area contributed by atoms with Gasteiger partial charge in [-0.3, -0.25) is 14.9 Å². The quantitative estimate of drug-likeness (QED) is 0.627. The Morgan fingerprint density at radius 3 is 2.94 bits per heavy atom. The number of carbonyl (C=O) groups excluding carboxylic acids is 1. The van der Waals surface area contributed by atoms with Crippen LogP contribution in [0.2, 0.25) is 0 Å². The molecule has 1 saturated heterocycles. The number of carbonyl (C=O) groups is 1. The number of nitro groups is 1. The summed E-state index contributed by atoms with van der Waals surface area (Å²) in [7, 11) is 0. The summed E-state index contributed by atoms with van der Waals surface area (Å²) in [5, 5.41) is 16.7. The van der Waals surface area contributed by atoms with Crippen LogP contribution in [-0.4, -0.2) is 23.4 Å². The normalized spacial score (nSPS) is 18.5. The van der Waals surface area contributed by atoms with Gasteiger partial charge in [-0.2, -0.15) is 0 Å². The fourth-order valence-electron chi connectivity index (χ4n) is 1.98. The molecule has 0 spiro atoms. The molecule has 0 aromatic heterocycles. The van der Waals surface area contributed by atoms with Crippen molar-refractivity contribution in [1.29, 1.82) is 0 Å². The van der Waals surface area contributed by atoms with Crippen molar-refractivity contribution in [3.05, 3.63) is 33.9 Å². The van der Waals surface area contributed by atoms with Crippen molar-refractivity contribution in [3.8, 4) is 0 Å². The fraction of sp³-hybridized carbons (Fsp3) is 0.417. The minimum atomic E-state index is -0.415. The van der Waals surface area contributed by atoms with E-state index in [1.165, 1.54) is 12.1 Å². The van der Waals surface area contributed by atoms with Gasteiger partial charge < -0.3 is 10.6 Å². The predicted octanol–water partition coefficient (Wildman–Crippen LogP) is 1.59. The average molecular weight is 249 g/mol. The number of nitrogens with zero attached hydrogens (tertiary/aromatic N) is 1. The number of nitrogens with one attached hydrogen (secondary N) is 2. The molecule has 2 N–H and O–H groups in total. The largest absolute Gasteiger partial charge is 0.383 e. The van der Waals surface area contributed by atoms with Crippen molar-refractivity contribution in [2.45, 2.75) is 25.8 Å². The van der Waals surface area contributed by atoms with E-state index in [0.717, 1.165) is 17.7 Å². The summed E-state index contributed by atoms with van der Waals surface area (Å²) >= 11 is 0. The zero-order valence-electron chi connectivity index (χ0n) is 10.1. The Labute approximate surface area is 105 Å². The van der Waals surface area contributed by atoms with E-state index in [0.29, 0.717) is 13.0 Å². The fourth-order valence-corrected chi connectivity index (χ4v) is 1.98. The number of hydrogen-bond acceptors (Lipinski definition) is 4. The standard InChI is InChI=1S/C12H15N3O3/c1-8-2-4-10(15(17)18)6-11(8)13-7-9-3-5-12(16)14-9/h2,4,6,9,13H,3,5,7H2,1H3,(H,14,16). The number of aryl methyl sites for hydroxylation is 1. The van der Waals surface area contributed by atoms with Crippen molar-refractivity contribution < 1.29 is 9.72 Å². The minimum Gasteiger partial charge on any atom is -0.383 e. The molecule has 1 unspecified atom stereocenters. The van der Waals surface area contributed by atoms with Crippen LogP contribution >= 0.6 is 0 Å². The monoisotopic (exact) mass is 249 g/mol. The third-order valence-corrected chi connectivity index (χ3v) is 3.06. The summed E-state index contributed by atoms with van der Waals surface area (Å²) in [5.41, 5.74) is 1.76. The van der Waals surface area contributed by atoms with Gasteiger partial charge in [-0.15, -0.1) is 0 Å². The van der Waals surface area contributed by atoms with Crippen molar-refractivity contribution in [2.75, 3.05) is 11.9 Å². The minimum absolute atomic E-state index is 0.0672. The number of hydrogen-bond donors (Lipinski definition) is 2. The smallest absolute Gasteiger partial charge is 0.271 e. The number of amides is 1. The van der Waals surface area contributed by atoms with Crippen molar-refractivity contribution >= 4 is 17.3 Å². The maximum atomic E-state index is 11.0. The Hall–Kier alpha value is -2.11. The Kier molecular flexibility index (Phi) is 3.45. The number of anilines is 1. The Morgan fingerprint density at radius 1 is 1.56 bits per heavy atom. The first kappa shape index (κ1) is 12.3. The topological polar surface area (TPSA) is 84.3 Å². The summed E-state index contributed by atoms with van der Waals surface area (Å²) in [6, 6.07) is 4.83. The molecule has 18 heavy (non-hydrogen) atoms. The highest BCUT2D eigenvalue weighted by molar-refractivity contribution is 5.78. The van der Waals surface area contributed by atoms with Crippen molar-refractivity contribution in [3.63, 3.8) is 0 Å². The van der Waals surface area contributed by atoms with Crippen LogP contribution in [0.1, 0.15) is 18.4 Å². The molecule has 1 fully saturated rings. The van der Waals surface area contributed by atoms with E-state index in [1.54, 1.807) is 6.07 Å². The van der Waals surface area contributed by atoms with Crippen LogP contribution in [0.3, 0.4) is 0 Å². The molecule has 2 rings (SSSR count). The van der Waals surface area contributed by atoms with E-state index < -0.39 is 4.92 Å². The van der Waals surface area contributed by atoms with Crippen LogP contribution in [0.15, 0.2) is 18.2 Å². The lowest BCUT2D eigenvalue weighted by molar-refractivity contribution is -0.384. The highest BCUT2D eigenvalue weighted by Gasteiger charge is 2.20. The van der Waals surface area contributed by atoms with E-state index in [-0.39, 0.29) is 17.6 Å². The molecule has 1 amide bonds. The van der Waals surface area contributed by atoms with E-state index in [2.05, 4.69) is 10.6 Å². The molecule has 1 aliphatic rings. The lowest BCUT2D eigenvalue weighted by Crippen LogP contribution is -2.31. The third kappa shape index (κ3) is 2.77. The highest BCUT2D eigenvalue weighted by Crippen LogP contribution is 2.22. The first-order valence-corrected chi connectivity index (χ1v) is 5.84. The zero-order chi connectivity index (χ0) is 13.1. The second kappa shape index (κ2) is 5.03. The van der Waals surface area contributed by atoms with Gasteiger partial charge >= 0.3 is 0 Å². The summed E-state index contributed by atoms with van der Waals surface area (Å²) in [4.78, 5) is 21.3. The molecule has 6 heteroatoms. The Bertz CT molecular complexity index is 487. The average Bonchev–Trinajstić information content (AvgIpc) is 2.74. The number of benzene rings is 1. The van der Waals surface area contributed by atoms with Crippen LogP contribution in [0.4, 0.5) is 11.4 Å². The highest BCUT2D eigenvalue weighted by atomic mass is 16.6.